The van der Waals surface area contributed by atoms with E-state index in [-0.39, 0.29) is 56.9 Å². The summed E-state index contributed by atoms with van der Waals surface area (Å²) in [7, 11) is 14.2. The largest absolute Gasteiger partial charge is 0.414 e. The third-order valence-corrected chi connectivity index (χ3v) is 59.3. The standard InChI is InChI=1S/C27H28N6O5S.H12P10/c28-25-24(27-33-32-26(38-27)19-3-1-17(2-4-19)13-29-20-9-11-36-15-20)31-23(14-30-25)18-5-7-21(8-6-18)39(34,35)22-10-12-37-16-22;1-7(2)10(8(3)4)9(5)6/h1-8,14,20,22,29H,9-13,15-16H2,(H2,28,30);1-6H2/t20-,22?;/m1./s1. The van der Waals surface area contributed by atoms with Gasteiger partial charge in [-0.1, -0.05) is 24.3 Å². The van der Waals surface area contributed by atoms with Crippen LogP contribution in [0.1, 0.15) is 18.4 Å². The molecule has 0 bridgehead atoms. The molecule has 11 nitrogen and oxygen atoms in total. The molecule has 0 spiro atoms. The normalized spacial score (nSPS) is 18.1. The lowest BCUT2D eigenvalue weighted by molar-refractivity contribution is 0.190. The predicted octanol–water partition coefficient (Wildman–Crippen LogP) is 8.28. The van der Waals surface area contributed by atoms with E-state index < -0.39 is 15.1 Å². The Morgan fingerprint density at radius 3 is 2.00 bits per heavy atom. The minimum absolute atomic E-state index is 0.130. The Hall–Kier alpha value is 0.590. The zero-order chi connectivity index (χ0) is 35.1. The Morgan fingerprint density at radius 1 is 0.816 bits per heavy atom. The number of nitrogen functional groups attached to an aromatic ring is 1. The van der Waals surface area contributed by atoms with Crippen LogP contribution < -0.4 is 11.1 Å². The minimum Gasteiger partial charge on any atom is -0.414 e. The molecule has 6 rings (SSSR count). The fourth-order valence-corrected chi connectivity index (χ4v) is 93.1. The maximum atomic E-state index is 12.8. The van der Waals surface area contributed by atoms with Gasteiger partial charge in [-0.3, -0.25) is 0 Å². The molecule has 4 heterocycles. The highest BCUT2D eigenvalue weighted by Crippen LogP contribution is 3.10. The molecule has 2 fully saturated rings. The highest BCUT2D eigenvalue weighted by atomic mass is 33.2. The first kappa shape index (κ1) is 40.8. The van der Waals surface area contributed by atoms with Crippen molar-refractivity contribution in [1.29, 1.82) is 0 Å². The number of nitrogens with zero attached hydrogens (tertiary/aromatic N) is 4. The molecule has 0 saturated carbocycles. The van der Waals surface area contributed by atoms with Crippen molar-refractivity contribution in [2.24, 2.45) is 0 Å². The Kier molecular flexibility index (Phi) is 16.0. The summed E-state index contributed by atoms with van der Waals surface area (Å²) in [6.45, 7) is 3.62. The molecule has 2 aromatic heterocycles. The summed E-state index contributed by atoms with van der Waals surface area (Å²) in [6.07, 6.45) is 3.05. The van der Waals surface area contributed by atoms with E-state index in [1.165, 1.54) is 6.20 Å². The van der Waals surface area contributed by atoms with E-state index in [2.05, 4.69) is 79.1 Å². The maximum Gasteiger partial charge on any atom is 0.270 e. The first-order chi connectivity index (χ1) is 23.4. The van der Waals surface area contributed by atoms with Gasteiger partial charge in [-0.25, -0.2) is 18.4 Å². The zero-order valence-corrected chi connectivity index (χ0v) is 37.7. The number of hydrogen-bond acceptors (Lipinski definition) is 11. The molecule has 0 aliphatic carbocycles. The summed E-state index contributed by atoms with van der Waals surface area (Å²) < 4.78 is 42.2. The van der Waals surface area contributed by atoms with Crippen LogP contribution in [0.5, 0.6) is 0 Å². The average Bonchev–Trinajstić information content (AvgIpc) is 3.88. The van der Waals surface area contributed by atoms with Crippen LogP contribution in [-0.2, 0) is 25.9 Å². The van der Waals surface area contributed by atoms with E-state index >= 15 is 0 Å². The average molecular weight is 870 g/mol. The van der Waals surface area contributed by atoms with Crippen molar-refractivity contribution in [1.82, 2.24) is 25.5 Å². The lowest BCUT2D eigenvalue weighted by Gasteiger charge is -2.27. The summed E-state index contributed by atoms with van der Waals surface area (Å²) in [5.74, 6) is 0.627. The smallest absolute Gasteiger partial charge is 0.270 e. The lowest BCUT2D eigenvalue weighted by Crippen LogP contribution is -2.28. The van der Waals surface area contributed by atoms with Crippen LogP contribution in [0.15, 0.2) is 64.0 Å². The number of hydrogen-bond donors (Lipinski definition) is 2. The van der Waals surface area contributed by atoms with Crippen molar-refractivity contribution in [3.8, 4) is 34.3 Å². The van der Waals surface area contributed by atoms with E-state index in [1.54, 1.807) is 24.3 Å². The van der Waals surface area contributed by atoms with E-state index in [0.29, 0.717) is 36.2 Å². The van der Waals surface area contributed by atoms with Gasteiger partial charge in [0.25, 0.3) is 5.89 Å². The molecule has 4 aromatic rings. The summed E-state index contributed by atoms with van der Waals surface area (Å²) in [6, 6.07) is 14.8. The van der Waals surface area contributed by atoms with Crippen LogP contribution >= 0.6 is 81.5 Å². The summed E-state index contributed by atoms with van der Waals surface area (Å²) in [4.78, 5) is 9.09. The van der Waals surface area contributed by atoms with Gasteiger partial charge in [0.15, 0.2) is 21.3 Å². The number of aromatic nitrogens is 4. The second-order valence-corrected chi connectivity index (χ2v) is 49.8. The summed E-state index contributed by atoms with van der Waals surface area (Å²) in [5.41, 5.74) is 9.44. The van der Waals surface area contributed by atoms with Gasteiger partial charge in [0.2, 0.25) is 5.89 Å². The molecule has 2 aliphatic heterocycles. The first-order valence-electron chi connectivity index (χ1n) is 14.9. The van der Waals surface area contributed by atoms with E-state index in [4.69, 9.17) is 19.6 Å². The number of rotatable bonds is 11. The summed E-state index contributed by atoms with van der Waals surface area (Å²) >= 11 is 0. The monoisotopic (exact) mass is 870 g/mol. The topological polar surface area (TPSA) is 155 Å². The lowest BCUT2D eigenvalue weighted by atomic mass is 10.1. The minimum atomic E-state index is -3.45. The Bertz CT molecular complexity index is 1760. The number of benzene rings is 2. The van der Waals surface area contributed by atoms with Crippen molar-refractivity contribution in [3.05, 3.63) is 60.3 Å². The van der Waals surface area contributed by atoms with Gasteiger partial charge in [-0.05, 0) is 70.6 Å². The summed E-state index contributed by atoms with van der Waals surface area (Å²) in [5, 5.41) is 11.3. The highest BCUT2D eigenvalue weighted by molar-refractivity contribution is 9.16. The van der Waals surface area contributed by atoms with Crippen LogP contribution in [0.4, 0.5) is 5.82 Å². The van der Waals surface area contributed by atoms with Crippen LogP contribution in [0, 0.1) is 0 Å². The SMILES string of the molecule is Nc1ncc(-c2ccc(S(=O)(=O)C3CCOC3)cc2)nc1-c1nnc(-c2ccc(CN[C@@H]3CCOC3)cc2)o1.PP(P)P(P(P)P)P(P)P. The molecular weight excluding hydrogens is 830 g/mol. The Morgan fingerprint density at radius 2 is 1.43 bits per heavy atom. The third kappa shape index (κ3) is 11.1. The molecular formula is C27H40N6O5P10S. The van der Waals surface area contributed by atoms with Gasteiger partial charge in [0, 0.05) is 36.9 Å². The molecule has 0 amide bonds. The van der Waals surface area contributed by atoms with Gasteiger partial charge in [0.05, 0.1) is 35.2 Å². The number of sulfone groups is 1. The molecule has 2 saturated heterocycles. The number of nitrogens with two attached hydrogens (primary N) is 1. The number of anilines is 1. The second-order valence-electron chi connectivity index (χ2n) is 11.0. The molecule has 3 N–H and O–H groups in total. The highest BCUT2D eigenvalue weighted by Gasteiger charge is 2.31. The van der Waals surface area contributed by atoms with Crippen molar-refractivity contribution >= 4 is 97.2 Å². The van der Waals surface area contributed by atoms with Crippen molar-refractivity contribution in [3.63, 3.8) is 0 Å². The fourth-order valence-electron chi connectivity index (χ4n) is 4.98. The van der Waals surface area contributed by atoms with E-state index in [9.17, 15) is 8.42 Å². The van der Waals surface area contributed by atoms with Crippen molar-refractivity contribution < 1.29 is 22.3 Å². The van der Waals surface area contributed by atoms with Crippen molar-refractivity contribution in [2.45, 2.75) is 35.6 Å². The molecule has 8 atom stereocenters. The van der Waals surface area contributed by atoms with Crippen LogP contribution in [0.2, 0.25) is 0 Å². The molecule has 2 aliphatic rings. The molecule has 2 aromatic carbocycles. The van der Waals surface area contributed by atoms with Crippen LogP contribution in [0.3, 0.4) is 0 Å². The first-order valence-corrected chi connectivity index (χ1v) is 33.7. The Balaban J connectivity index is 0.000000409. The molecule has 49 heavy (non-hydrogen) atoms. The molecule has 7 unspecified atom stereocenters. The molecule has 22 heteroatoms. The van der Waals surface area contributed by atoms with Gasteiger partial charge < -0.3 is 24.9 Å². The molecule has 264 valence electrons. The zero-order valence-electron chi connectivity index (χ0n) is 26.4. The molecule has 0 radical (unpaired) electrons. The van der Waals surface area contributed by atoms with E-state index in [0.717, 1.165) is 37.3 Å². The third-order valence-electron chi connectivity index (χ3n) is 7.58. The Labute approximate surface area is 305 Å². The second kappa shape index (κ2) is 19.3. The fraction of sp³-hybridized carbons (Fsp3) is 0.333. The maximum absolute atomic E-state index is 12.8. The predicted molar refractivity (Wildman–Crippen MR) is 229 cm³/mol. The van der Waals surface area contributed by atoms with Gasteiger partial charge in [0.1, 0.15) is 0 Å². The van der Waals surface area contributed by atoms with Gasteiger partial charge >= 0.3 is 0 Å². The van der Waals surface area contributed by atoms with Gasteiger partial charge in [-0.2, -0.15) is 0 Å². The van der Waals surface area contributed by atoms with Gasteiger partial charge in [-0.15, -0.1) is 63.8 Å². The quantitative estimate of drug-likeness (QED) is 0.140. The van der Waals surface area contributed by atoms with Crippen LogP contribution in [0.25, 0.3) is 34.3 Å². The number of nitrogens with one attached hydrogen (secondary N) is 1. The van der Waals surface area contributed by atoms with E-state index in [1.807, 2.05) is 24.3 Å². The number of ether oxygens (including phenoxy) is 2. The van der Waals surface area contributed by atoms with Crippen molar-refractivity contribution in [2.75, 3.05) is 32.2 Å². The van der Waals surface area contributed by atoms with Crippen LogP contribution in [-0.4, -0.2) is 66.3 Å².